The van der Waals surface area contributed by atoms with Gasteiger partial charge in [-0.05, 0) is 37.1 Å². The molecule has 1 atom stereocenters. The number of hydrogen-bond donors (Lipinski definition) is 4. The summed E-state index contributed by atoms with van der Waals surface area (Å²) in [6.45, 7) is 7.09. The van der Waals surface area contributed by atoms with Crippen molar-refractivity contribution in [3.8, 4) is 0 Å². The van der Waals surface area contributed by atoms with Crippen LogP contribution in [0.1, 0.15) is 32.3 Å². The average molecular weight is 470 g/mol. The van der Waals surface area contributed by atoms with Crippen molar-refractivity contribution in [1.29, 1.82) is 0 Å². The van der Waals surface area contributed by atoms with Crippen molar-refractivity contribution in [2.24, 2.45) is 16.7 Å². The fraction of sp³-hybridized carbons (Fsp3) is 0.600. The van der Waals surface area contributed by atoms with E-state index in [0.29, 0.717) is 58.1 Å². The molecule has 0 aromatic heterocycles. The van der Waals surface area contributed by atoms with Gasteiger partial charge >= 0.3 is 0 Å². The standard InChI is InChI=1S/C18H29N7O4S.C2H6/c1-23(20)21-16(19)14-2-4-15(5-3-14)24-8-10-25(11-9-24)30(28)18(17(26)22-27)6-12-29-13-7-18;1-2/h2-5,27H,6-13,20H2,1H3,(H2,19,21)(H,22,26);1-2H3. The predicted molar refractivity (Wildman–Crippen MR) is 125 cm³/mol. The molecule has 0 bridgehead atoms. The van der Waals surface area contributed by atoms with Gasteiger partial charge in [0.1, 0.15) is 15.7 Å². The molecular weight excluding hydrogens is 434 g/mol. The van der Waals surface area contributed by atoms with E-state index in [9.17, 15) is 14.2 Å². The Morgan fingerprint density at radius 2 is 1.75 bits per heavy atom. The number of hydrazone groups is 1. The number of nitrogens with one attached hydrogen (secondary N) is 1. The van der Waals surface area contributed by atoms with Crippen molar-refractivity contribution in [2.45, 2.75) is 31.4 Å². The van der Waals surface area contributed by atoms with E-state index in [4.69, 9.17) is 16.3 Å². The third-order valence-corrected chi connectivity index (χ3v) is 7.51. The van der Waals surface area contributed by atoms with E-state index in [-0.39, 0.29) is 0 Å². The summed E-state index contributed by atoms with van der Waals surface area (Å²) in [7, 11) is 0.0339. The van der Waals surface area contributed by atoms with Gasteiger partial charge in [0.2, 0.25) is 0 Å². The molecule has 2 fully saturated rings. The number of nitrogens with two attached hydrogens (primary N) is 2. The van der Waals surface area contributed by atoms with E-state index >= 15 is 0 Å². The lowest BCUT2D eigenvalue weighted by Gasteiger charge is -2.41. The first kappa shape index (κ1) is 26.0. The molecule has 2 aliphatic heterocycles. The van der Waals surface area contributed by atoms with E-state index < -0.39 is 21.6 Å². The Balaban J connectivity index is 0.00000176. The number of nitrogens with zero attached hydrogens (tertiary/aromatic N) is 4. The Hall–Kier alpha value is -2.25. The van der Waals surface area contributed by atoms with Crippen molar-refractivity contribution < 1.29 is 18.9 Å². The van der Waals surface area contributed by atoms with Crippen LogP contribution in [-0.4, -0.2) is 81.8 Å². The third-order valence-electron chi connectivity index (χ3n) is 5.42. The third kappa shape index (κ3) is 5.95. The van der Waals surface area contributed by atoms with Crippen molar-refractivity contribution in [3.05, 3.63) is 29.8 Å². The molecule has 6 N–H and O–H groups in total. The largest absolute Gasteiger partial charge is 0.382 e. The lowest BCUT2D eigenvalue weighted by atomic mass is 9.98. The molecule has 0 aliphatic carbocycles. The van der Waals surface area contributed by atoms with Crippen LogP contribution in [-0.2, 0) is 20.5 Å². The zero-order chi connectivity index (χ0) is 23.7. The highest BCUT2D eigenvalue weighted by atomic mass is 32.2. The lowest BCUT2D eigenvalue weighted by molar-refractivity contribution is -0.134. The van der Waals surface area contributed by atoms with Gasteiger partial charge in [0, 0.05) is 57.7 Å². The number of carbonyl (C=O) groups is 1. The minimum absolute atomic E-state index is 0.314. The van der Waals surface area contributed by atoms with Gasteiger partial charge in [-0.3, -0.25) is 10.0 Å². The topological polar surface area (TPSA) is 150 Å². The fourth-order valence-electron chi connectivity index (χ4n) is 3.71. The maximum Gasteiger partial charge on any atom is 0.263 e. The molecule has 2 aliphatic rings. The van der Waals surface area contributed by atoms with Crippen LogP contribution >= 0.6 is 0 Å². The van der Waals surface area contributed by atoms with Crippen LogP contribution in [0.4, 0.5) is 5.69 Å². The number of hydroxylamine groups is 1. The molecule has 180 valence electrons. The molecule has 0 saturated carbocycles. The predicted octanol–water partition coefficient (Wildman–Crippen LogP) is -0.0211. The molecule has 0 radical (unpaired) electrons. The summed E-state index contributed by atoms with van der Waals surface area (Å²) in [5.74, 6) is 5.21. The molecule has 2 saturated heterocycles. The van der Waals surface area contributed by atoms with Gasteiger partial charge in [0.25, 0.3) is 5.91 Å². The molecule has 11 nitrogen and oxygen atoms in total. The van der Waals surface area contributed by atoms with Crippen molar-refractivity contribution >= 4 is 28.4 Å². The van der Waals surface area contributed by atoms with Gasteiger partial charge in [0.05, 0.1) is 0 Å². The van der Waals surface area contributed by atoms with Gasteiger partial charge in [-0.2, -0.15) is 0 Å². The second kappa shape index (κ2) is 12.1. The minimum Gasteiger partial charge on any atom is -0.382 e. The molecule has 1 aromatic rings. The van der Waals surface area contributed by atoms with Crippen molar-refractivity contribution in [2.75, 3.05) is 51.3 Å². The number of ether oxygens (including phenoxy) is 1. The average Bonchev–Trinajstić information content (AvgIpc) is 2.84. The van der Waals surface area contributed by atoms with Crippen LogP contribution < -0.4 is 22.0 Å². The number of carbonyl (C=O) groups excluding carboxylic acids is 1. The van der Waals surface area contributed by atoms with Crippen LogP contribution in [0, 0.1) is 0 Å². The molecule has 1 unspecified atom stereocenters. The SMILES string of the molecule is CC.CN(N)/N=C(\N)c1ccc(N2CCN(S(=O)C3(C(=O)NO)CCOCC3)CC2)cc1. The van der Waals surface area contributed by atoms with E-state index in [1.807, 2.05) is 42.4 Å². The fourth-order valence-corrected chi connectivity index (χ4v) is 5.42. The Morgan fingerprint density at radius 1 is 1.19 bits per heavy atom. The number of rotatable bonds is 6. The summed E-state index contributed by atoms with van der Waals surface area (Å²) in [6, 6.07) is 7.68. The van der Waals surface area contributed by atoms with E-state index in [0.717, 1.165) is 16.4 Å². The first-order chi connectivity index (χ1) is 15.4. The van der Waals surface area contributed by atoms with Crippen LogP contribution in [0.3, 0.4) is 0 Å². The van der Waals surface area contributed by atoms with Gasteiger partial charge in [-0.1, -0.05) is 13.8 Å². The summed E-state index contributed by atoms with van der Waals surface area (Å²) in [6.07, 6.45) is 0.628. The Morgan fingerprint density at radius 3 is 2.25 bits per heavy atom. The molecule has 2 heterocycles. The van der Waals surface area contributed by atoms with Crippen LogP contribution in [0.15, 0.2) is 29.4 Å². The quantitative estimate of drug-likeness (QED) is 0.149. The second-order valence-electron chi connectivity index (χ2n) is 7.32. The van der Waals surface area contributed by atoms with E-state index in [2.05, 4.69) is 10.0 Å². The molecule has 1 aromatic carbocycles. The minimum atomic E-state index is -1.56. The summed E-state index contributed by atoms with van der Waals surface area (Å²) >= 11 is 0. The maximum absolute atomic E-state index is 13.3. The van der Waals surface area contributed by atoms with Crippen molar-refractivity contribution in [3.63, 3.8) is 0 Å². The summed E-state index contributed by atoms with van der Waals surface area (Å²) in [5.41, 5.74) is 9.40. The van der Waals surface area contributed by atoms with Crippen molar-refractivity contribution in [1.82, 2.24) is 14.9 Å². The number of anilines is 1. The van der Waals surface area contributed by atoms with E-state index in [1.165, 1.54) is 0 Å². The first-order valence-corrected chi connectivity index (χ1v) is 11.8. The Bertz CT molecular complexity index is 790. The smallest absolute Gasteiger partial charge is 0.263 e. The Labute approximate surface area is 191 Å². The van der Waals surface area contributed by atoms with Gasteiger partial charge in [0.15, 0.2) is 5.84 Å². The van der Waals surface area contributed by atoms with Crippen LogP contribution in [0.5, 0.6) is 0 Å². The summed E-state index contributed by atoms with van der Waals surface area (Å²) < 4.78 is 19.3. The number of benzene rings is 1. The monoisotopic (exact) mass is 469 g/mol. The summed E-state index contributed by atoms with van der Waals surface area (Å²) in [4.78, 5) is 14.5. The molecule has 12 heteroatoms. The molecule has 32 heavy (non-hydrogen) atoms. The zero-order valence-corrected chi connectivity index (χ0v) is 19.8. The highest BCUT2D eigenvalue weighted by Crippen LogP contribution is 2.31. The normalized spacial score (nSPS) is 20.0. The number of hydrogen-bond acceptors (Lipinski definition) is 8. The number of amides is 1. The van der Waals surface area contributed by atoms with Crippen LogP contribution in [0.25, 0.3) is 0 Å². The van der Waals surface area contributed by atoms with Gasteiger partial charge in [-0.25, -0.2) is 25.0 Å². The van der Waals surface area contributed by atoms with Gasteiger partial charge < -0.3 is 15.4 Å². The first-order valence-electron chi connectivity index (χ1n) is 10.7. The highest BCUT2D eigenvalue weighted by Gasteiger charge is 2.48. The summed E-state index contributed by atoms with van der Waals surface area (Å²) in [5, 5.41) is 14.3. The maximum atomic E-state index is 13.3. The Kier molecular flexibility index (Phi) is 9.84. The van der Waals surface area contributed by atoms with E-state index in [1.54, 1.807) is 12.5 Å². The highest BCUT2D eigenvalue weighted by molar-refractivity contribution is 7.85. The van der Waals surface area contributed by atoms with Crippen LogP contribution in [0.2, 0.25) is 0 Å². The lowest BCUT2D eigenvalue weighted by Crippen LogP contribution is -2.59. The molecule has 3 rings (SSSR count). The molecule has 1 amide bonds. The number of amidine groups is 1. The van der Waals surface area contributed by atoms with Gasteiger partial charge in [-0.15, -0.1) is 5.10 Å². The second-order valence-corrected chi connectivity index (χ2v) is 9.11. The molecule has 0 spiro atoms. The zero-order valence-electron chi connectivity index (χ0n) is 19.0. The molecular formula is C20H35N7O4S. The number of piperazine rings is 1. The number of hydrazine groups is 1.